The summed E-state index contributed by atoms with van der Waals surface area (Å²) in [6.45, 7) is 3.89. The maximum Gasteiger partial charge on any atom is 0.343 e. The van der Waals surface area contributed by atoms with Crippen molar-refractivity contribution in [2.75, 3.05) is 37.4 Å². The second-order valence-electron chi connectivity index (χ2n) is 6.34. The molecule has 1 amide bonds. The molecule has 1 saturated heterocycles. The molecule has 2 N–H and O–H groups in total. The van der Waals surface area contributed by atoms with E-state index in [1.165, 1.54) is 21.0 Å². The van der Waals surface area contributed by atoms with Crippen LogP contribution in [0.4, 0.5) is 5.69 Å². The number of ether oxygens (including phenoxy) is 1. The van der Waals surface area contributed by atoms with E-state index in [9.17, 15) is 18.0 Å². The second-order valence-corrected chi connectivity index (χ2v) is 9.22. The van der Waals surface area contributed by atoms with Gasteiger partial charge in [0.25, 0.3) is 0 Å². The number of rotatable bonds is 8. The van der Waals surface area contributed by atoms with E-state index in [0.29, 0.717) is 43.7 Å². The predicted octanol–water partition coefficient (Wildman–Crippen LogP) is 0.733. The van der Waals surface area contributed by atoms with Crippen molar-refractivity contribution in [3.8, 4) is 0 Å². The standard InChI is InChI=1S/C17H23N5O5S2/c1-2-7-22-16(24)19-20-17(22)28-12-15(23)18-13-3-5-14(6-4-13)29(25,26)21-8-10-27-11-9-21/h3-6H,2,7-12H2,1H3,(H,18,23)(H,19,24). The smallest absolute Gasteiger partial charge is 0.343 e. The highest BCUT2D eigenvalue weighted by atomic mass is 32.2. The van der Waals surface area contributed by atoms with Crippen LogP contribution >= 0.6 is 11.8 Å². The molecule has 12 heteroatoms. The Morgan fingerprint density at radius 2 is 1.97 bits per heavy atom. The molecule has 3 rings (SSSR count). The van der Waals surface area contributed by atoms with Crippen LogP contribution in [0.5, 0.6) is 0 Å². The van der Waals surface area contributed by atoms with E-state index >= 15 is 0 Å². The number of anilines is 1. The number of aromatic nitrogens is 3. The van der Waals surface area contributed by atoms with E-state index in [-0.39, 0.29) is 22.2 Å². The minimum Gasteiger partial charge on any atom is -0.379 e. The minimum atomic E-state index is -3.57. The van der Waals surface area contributed by atoms with E-state index in [4.69, 9.17) is 4.74 Å². The van der Waals surface area contributed by atoms with Gasteiger partial charge >= 0.3 is 5.69 Å². The lowest BCUT2D eigenvalue weighted by Crippen LogP contribution is -2.40. The van der Waals surface area contributed by atoms with Crippen LogP contribution in [0.25, 0.3) is 0 Å². The summed E-state index contributed by atoms with van der Waals surface area (Å²) in [5.74, 6) is -0.209. The van der Waals surface area contributed by atoms with E-state index in [0.717, 1.165) is 18.2 Å². The number of carbonyl (C=O) groups is 1. The summed E-state index contributed by atoms with van der Waals surface area (Å²) >= 11 is 1.16. The lowest BCUT2D eigenvalue weighted by atomic mass is 10.3. The summed E-state index contributed by atoms with van der Waals surface area (Å²) in [5.41, 5.74) is 0.191. The Hall–Kier alpha value is -2.15. The topological polar surface area (TPSA) is 126 Å². The maximum atomic E-state index is 12.6. The molecule has 0 unspecified atom stereocenters. The zero-order chi connectivity index (χ0) is 20.9. The number of hydrogen-bond acceptors (Lipinski definition) is 7. The number of sulfonamides is 1. The summed E-state index contributed by atoms with van der Waals surface area (Å²) < 4.78 is 33.3. The van der Waals surface area contributed by atoms with Crippen molar-refractivity contribution in [3.63, 3.8) is 0 Å². The average Bonchev–Trinajstić information content (AvgIpc) is 3.07. The van der Waals surface area contributed by atoms with Gasteiger partial charge in [0, 0.05) is 25.3 Å². The number of amides is 1. The molecular formula is C17H23N5O5S2. The predicted molar refractivity (Wildman–Crippen MR) is 109 cm³/mol. The van der Waals surface area contributed by atoms with E-state index in [1.807, 2.05) is 6.92 Å². The third-order valence-corrected chi connectivity index (χ3v) is 7.14. The van der Waals surface area contributed by atoms with E-state index in [2.05, 4.69) is 15.5 Å². The van der Waals surface area contributed by atoms with Crippen molar-refractivity contribution >= 4 is 33.4 Å². The van der Waals surface area contributed by atoms with Gasteiger partial charge in [0.15, 0.2) is 5.16 Å². The van der Waals surface area contributed by atoms with Crippen LogP contribution in [-0.2, 0) is 26.1 Å². The fourth-order valence-corrected chi connectivity index (χ4v) is 4.99. The number of H-pyrrole nitrogens is 1. The van der Waals surface area contributed by atoms with Gasteiger partial charge in [-0.3, -0.25) is 9.36 Å². The van der Waals surface area contributed by atoms with E-state index < -0.39 is 10.0 Å². The normalized spacial score (nSPS) is 15.3. The molecule has 1 aliphatic rings. The highest BCUT2D eigenvalue weighted by molar-refractivity contribution is 7.99. The molecule has 2 aromatic rings. The summed E-state index contributed by atoms with van der Waals surface area (Å²) in [5, 5.41) is 9.48. The molecule has 1 aromatic carbocycles. The average molecular weight is 442 g/mol. The fraction of sp³-hybridized carbons (Fsp3) is 0.471. The highest BCUT2D eigenvalue weighted by Gasteiger charge is 2.26. The van der Waals surface area contributed by atoms with Gasteiger partial charge in [-0.15, -0.1) is 5.10 Å². The molecular weight excluding hydrogens is 418 g/mol. The first-order valence-electron chi connectivity index (χ1n) is 9.17. The van der Waals surface area contributed by atoms with Crippen molar-refractivity contribution in [1.82, 2.24) is 19.1 Å². The molecule has 0 spiro atoms. The van der Waals surface area contributed by atoms with Gasteiger partial charge in [-0.2, -0.15) is 4.31 Å². The Morgan fingerprint density at radius 3 is 2.62 bits per heavy atom. The number of nitrogens with one attached hydrogen (secondary N) is 2. The molecule has 1 fully saturated rings. The summed E-state index contributed by atoms with van der Waals surface area (Å²) in [4.78, 5) is 24.0. The number of benzene rings is 1. The fourth-order valence-electron chi connectivity index (χ4n) is 2.81. The Labute approximate surface area is 172 Å². The van der Waals surface area contributed by atoms with Crippen LogP contribution in [0.3, 0.4) is 0 Å². The molecule has 0 radical (unpaired) electrons. The number of carbonyl (C=O) groups excluding carboxylic acids is 1. The van der Waals surface area contributed by atoms with Crippen LogP contribution in [0.15, 0.2) is 39.1 Å². The van der Waals surface area contributed by atoms with Crippen molar-refractivity contribution in [2.24, 2.45) is 0 Å². The first kappa shape index (κ1) is 21.6. The maximum absolute atomic E-state index is 12.6. The molecule has 29 heavy (non-hydrogen) atoms. The quantitative estimate of drug-likeness (QED) is 0.578. The van der Waals surface area contributed by atoms with E-state index in [1.54, 1.807) is 12.1 Å². The third kappa shape index (κ3) is 5.26. The lowest BCUT2D eigenvalue weighted by Gasteiger charge is -2.26. The van der Waals surface area contributed by atoms with Gasteiger partial charge in [0.05, 0.1) is 23.9 Å². The van der Waals surface area contributed by atoms with Crippen LogP contribution in [0, 0.1) is 0 Å². The first-order valence-corrected chi connectivity index (χ1v) is 11.6. The molecule has 0 saturated carbocycles. The molecule has 10 nitrogen and oxygen atoms in total. The number of morpholine rings is 1. The summed E-state index contributed by atoms with van der Waals surface area (Å²) in [7, 11) is -3.57. The number of aromatic amines is 1. The lowest BCUT2D eigenvalue weighted by molar-refractivity contribution is -0.113. The number of hydrogen-bond donors (Lipinski definition) is 2. The number of nitrogens with zero attached hydrogens (tertiary/aromatic N) is 3. The molecule has 0 aliphatic carbocycles. The Bertz CT molecular complexity index is 994. The molecule has 0 bridgehead atoms. The van der Waals surface area contributed by atoms with Crippen LogP contribution in [-0.4, -0.2) is 65.5 Å². The monoisotopic (exact) mass is 441 g/mol. The van der Waals surface area contributed by atoms with Crippen molar-refractivity contribution < 1.29 is 17.9 Å². The van der Waals surface area contributed by atoms with Crippen molar-refractivity contribution in [2.45, 2.75) is 29.9 Å². The highest BCUT2D eigenvalue weighted by Crippen LogP contribution is 2.20. The molecule has 0 atom stereocenters. The van der Waals surface area contributed by atoms with Gasteiger partial charge in [0.1, 0.15) is 0 Å². The van der Waals surface area contributed by atoms with Crippen LogP contribution in [0.2, 0.25) is 0 Å². The Balaban J connectivity index is 1.58. The molecule has 2 heterocycles. The summed E-state index contributed by atoms with van der Waals surface area (Å²) in [6.07, 6.45) is 0.777. The van der Waals surface area contributed by atoms with Gasteiger partial charge < -0.3 is 10.1 Å². The molecule has 158 valence electrons. The number of thioether (sulfide) groups is 1. The summed E-state index contributed by atoms with van der Waals surface area (Å²) in [6, 6.07) is 6.05. The van der Waals surface area contributed by atoms with Gasteiger partial charge in [-0.05, 0) is 30.7 Å². The third-order valence-electron chi connectivity index (χ3n) is 4.25. The molecule has 1 aliphatic heterocycles. The Kier molecular flexibility index (Phi) is 7.11. The van der Waals surface area contributed by atoms with Crippen LogP contribution < -0.4 is 11.0 Å². The largest absolute Gasteiger partial charge is 0.379 e. The second kappa shape index (κ2) is 9.57. The zero-order valence-corrected chi connectivity index (χ0v) is 17.6. The zero-order valence-electron chi connectivity index (χ0n) is 16.0. The van der Waals surface area contributed by atoms with Crippen molar-refractivity contribution in [1.29, 1.82) is 0 Å². The molecule has 1 aromatic heterocycles. The SMILES string of the molecule is CCCn1c(SCC(=O)Nc2ccc(S(=O)(=O)N3CCOCC3)cc2)n[nH]c1=O. The van der Waals surface area contributed by atoms with Gasteiger partial charge in [-0.1, -0.05) is 18.7 Å². The minimum absolute atomic E-state index is 0.0713. The van der Waals surface area contributed by atoms with Gasteiger partial charge in [-0.25, -0.2) is 18.3 Å². The van der Waals surface area contributed by atoms with Crippen molar-refractivity contribution in [3.05, 3.63) is 34.7 Å². The van der Waals surface area contributed by atoms with Crippen LogP contribution in [0.1, 0.15) is 13.3 Å². The van der Waals surface area contributed by atoms with Gasteiger partial charge in [0.2, 0.25) is 15.9 Å². The Morgan fingerprint density at radius 1 is 1.28 bits per heavy atom. The first-order chi connectivity index (χ1) is 13.9.